The highest BCUT2D eigenvalue weighted by Gasteiger charge is 2.13. The van der Waals surface area contributed by atoms with Crippen molar-refractivity contribution in [3.05, 3.63) is 32.1 Å². The van der Waals surface area contributed by atoms with Crippen LogP contribution in [-0.4, -0.2) is 5.24 Å². The summed E-state index contributed by atoms with van der Waals surface area (Å²) in [4.78, 5) is 10.6. The third-order valence-corrected chi connectivity index (χ3v) is 3.14. The van der Waals surface area contributed by atoms with Crippen molar-refractivity contribution in [2.75, 3.05) is 0 Å². The minimum Gasteiger partial charge on any atom is -0.275 e. The van der Waals surface area contributed by atoms with Crippen molar-refractivity contribution in [1.29, 1.82) is 0 Å². The summed E-state index contributed by atoms with van der Waals surface area (Å²) in [5.41, 5.74) is -0.148. The molecule has 1 rings (SSSR count). The highest BCUT2D eigenvalue weighted by Crippen LogP contribution is 2.24. The second-order valence-corrected chi connectivity index (χ2v) is 3.83. The fraction of sp³-hybridized carbons (Fsp3) is 0. The van der Waals surface area contributed by atoms with E-state index in [-0.39, 0.29) is 14.2 Å². The molecule has 0 aliphatic rings. The van der Waals surface area contributed by atoms with E-state index in [1.54, 1.807) is 22.6 Å². The van der Waals surface area contributed by atoms with Gasteiger partial charge in [-0.3, -0.25) is 4.79 Å². The van der Waals surface area contributed by atoms with Crippen LogP contribution < -0.4 is 0 Å². The normalized spacial score (nSPS) is 10.0. The lowest BCUT2D eigenvalue weighted by Crippen LogP contribution is -1.96. The highest BCUT2D eigenvalue weighted by atomic mass is 127. The molecule has 1 aromatic rings. The van der Waals surface area contributed by atoms with Crippen LogP contribution in [0.3, 0.4) is 0 Å². The summed E-state index contributed by atoms with van der Waals surface area (Å²) in [6.07, 6.45) is 0. The van der Waals surface area contributed by atoms with Crippen molar-refractivity contribution in [2.45, 2.75) is 0 Å². The Balaban J connectivity index is 3.36. The van der Waals surface area contributed by atoms with Crippen molar-refractivity contribution < 1.29 is 9.18 Å². The van der Waals surface area contributed by atoms with Crippen LogP contribution >= 0.6 is 45.8 Å². The Labute approximate surface area is 92.0 Å². The second-order valence-electron chi connectivity index (χ2n) is 2.00. The summed E-state index contributed by atoms with van der Waals surface area (Å²) in [5, 5.41) is -0.545. The predicted molar refractivity (Wildman–Crippen MR) is 54.3 cm³/mol. The molecule has 0 atom stereocenters. The van der Waals surface area contributed by atoms with Crippen LogP contribution in [0.4, 0.5) is 4.39 Å². The zero-order valence-electron chi connectivity index (χ0n) is 5.57. The molecule has 0 fully saturated rings. The first kappa shape index (κ1) is 10.2. The maximum Gasteiger partial charge on any atom is 0.255 e. The molecule has 0 saturated carbocycles. The lowest BCUT2D eigenvalue weighted by molar-refractivity contribution is 0.107. The maximum atomic E-state index is 13.1. The van der Waals surface area contributed by atoms with Crippen molar-refractivity contribution >= 4 is 51.0 Å². The van der Waals surface area contributed by atoms with Crippen LogP contribution in [0.25, 0.3) is 0 Å². The number of rotatable bonds is 1. The minimum absolute atomic E-state index is 0.148. The summed E-state index contributed by atoms with van der Waals surface area (Å²) in [6.45, 7) is 0. The summed E-state index contributed by atoms with van der Waals surface area (Å²) in [7, 11) is 0. The Hall–Kier alpha value is 0.130. The van der Waals surface area contributed by atoms with Crippen LogP contribution in [0.15, 0.2) is 12.1 Å². The molecule has 0 heterocycles. The lowest BCUT2D eigenvalue weighted by atomic mass is 10.2. The van der Waals surface area contributed by atoms with E-state index < -0.39 is 11.1 Å². The van der Waals surface area contributed by atoms with E-state index in [2.05, 4.69) is 0 Å². The van der Waals surface area contributed by atoms with Gasteiger partial charge in [-0.25, -0.2) is 4.39 Å². The molecule has 64 valence electrons. The Bertz CT molecular complexity index is 340. The van der Waals surface area contributed by atoms with Crippen LogP contribution in [0.1, 0.15) is 10.4 Å². The first-order valence-corrected chi connectivity index (χ1v) is 4.71. The monoisotopic (exact) mass is 318 g/mol. The third kappa shape index (κ3) is 1.89. The fourth-order valence-electron chi connectivity index (χ4n) is 0.678. The molecule has 0 N–H and O–H groups in total. The molecule has 0 bridgehead atoms. The van der Waals surface area contributed by atoms with Gasteiger partial charge >= 0.3 is 0 Å². The van der Waals surface area contributed by atoms with Crippen molar-refractivity contribution in [2.24, 2.45) is 0 Å². The van der Waals surface area contributed by atoms with Gasteiger partial charge in [-0.1, -0.05) is 11.6 Å². The van der Waals surface area contributed by atoms with Crippen molar-refractivity contribution in [1.82, 2.24) is 0 Å². The molecule has 12 heavy (non-hydrogen) atoms. The van der Waals surface area contributed by atoms with Gasteiger partial charge in [0.1, 0.15) is 5.82 Å². The van der Waals surface area contributed by atoms with Gasteiger partial charge in [0, 0.05) is 0 Å². The van der Waals surface area contributed by atoms with Gasteiger partial charge in [0.15, 0.2) is 0 Å². The first-order chi connectivity index (χ1) is 5.54. The van der Waals surface area contributed by atoms with E-state index in [0.29, 0.717) is 0 Å². The van der Waals surface area contributed by atoms with E-state index in [0.717, 1.165) is 0 Å². The Kier molecular flexibility index (Phi) is 3.31. The second kappa shape index (κ2) is 3.89. The van der Waals surface area contributed by atoms with Crippen LogP contribution in [0.5, 0.6) is 0 Å². The van der Waals surface area contributed by atoms with Crippen LogP contribution in [0, 0.1) is 9.39 Å². The number of carbonyl (C=O) groups excluding carboxylic acids is 1. The van der Waals surface area contributed by atoms with E-state index >= 15 is 0 Å². The molecule has 0 aliphatic heterocycles. The number of carbonyl (C=O) groups is 1. The largest absolute Gasteiger partial charge is 0.275 e. The molecule has 0 radical (unpaired) electrons. The Morgan fingerprint density at radius 1 is 1.50 bits per heavy atom. The molecular weight excluding hydrogens is 317 g/mol. The average molecular weight is 319 g/mol. The van der Waals surface area contributed by atoms with Gasteiger partial charge in [-0.2, -0.15) is 0 Å². The SMILES string of the molecule is O=C(Cl)c1ccc(Cl)c(I)c1F. The van der Waals surface area contributed by atoms with E-state index in [9.17, 15) is 9.18 Å². The van der Waals surface area contributed by atoms with Crippen molar-refractivity contribution in [3.63, 3.8) is 0 Å². The van der Waals surface area contributed by atoms with E-state index in [1.165, 1.54) is 12.1 Å². The molecule has 1 nitrogen and oxygen atoms in total. The van der Waals surface area contributed by atoms with Gasteiger partial charge in [0.2, 0.25) is 0 Å². The van der Waals surface area contributed by atoms with Gasteiger partial charge < -0.3 is 0 Å². The van der Waals surface area contributed by atoms with E-state index in [4.69, 9.17) is 23.2 Å². The molecule has 1 aromatic carbocycles. The van der Waals surface area contributed by atoms with Gasteiger partial charge in [0.05, 0.1) is 14.2 Å². The maximum absolute atomic E-state index is 13.1. The summed E-state index contributed by atoms with van der Waals surface area (Å²) in [6, 6.07) is 2.69. The molecule has 0 aliphatic carbocycles. The number of benzene rings is 1. The number of halogens is 4. The highest BCUT2D eigenvalue weighted by molar-refractivity contribution is 14.1. The Morgan fingerprint density at radius 3 is 2.58 bits per heavy atom. The topological polar surface area (TPSA) is 17.1 Å². The fourth-order valence-corrected chi connectivity index (χ4v) is 1.44. The third-order valence-electron chi connectivity index (χ3n) is 1.25. The molecule has 5 heteroatoms. The zero-order chi connectivity index (χ0) is 9.30. The zero-order valence-corrected chi connectivity index (χ0v) is 9.24. The van der Waals surface area contributed by atoms with Gasteiger partial charge in [-0.15, -0.1) is 0 Å². The molecule has 0 amide bonds. The van der Waals surface area contributed by atoms with Crippen LogP contribution in [0.2, 0.25) is 5.02 Å². The summed E-state index contributed by atoms with van der Waals surface area (Å²) in [5.74, 6) is -0.664. The molecule has 0 spiro atoms. The smallest absolute Gasteiger partial charge is 0.255 e. The molecular formula is C7H2Cl2FIO. The van der Waals surface area contributed by atoms with Gasteiger partial charge in [0.25, 0.3) is 5.24 Å². The number of hydrogen-bond acceptors (Lipinski definition) is 1. The quantitative estimate of drug-likeness (QED) is 0.440. The minimum atomic E-state index is -0.818. The molecule has 0 unspecified atom stereocenters. The average Bonchev–Trinajstić information content (AvgIpc) is 2.00. The Morgan fingerprint density at radius 2 is 2.08 bits per heavy atom. The van der Waals surface area contributed by atoms with Crippen molar-refractivity contribution in [3.8, 4) is 0 Å². The van der Waals surface area contributed by atoms with Gasteiger partial charge in [-0.05, 0) is 46.3 Å². The summed E-state index contributed by atoms with van der Waals surface area (Å²) >= 11 is 12.4. The first-order valence-electron chi connectivity index (χ1n) is 2.87. The van der Waals surface area contributed by atoms with Crippen LogP contribution in [-0.2, 0) is 0 Å². The molecule has 0 saturated heterocycles. The summed E-state index contributed by atoms with van der Waals surface area (Å²) < 4.78 is 13.3. The molecule has 0 aromatic heterocycles. The standard InChI is InChI=1S/C7H2Cl2FIO/c8-4-2-1-3(7(9)12)5(10)6(4)11/h1-2H. The predicted octanol–water partition coefficient (Wildman–Crippen LogP) is 3.46. The van der Waals surface area contributed by atoms with E-state index in [1.807, 2.05) is 0 Å². The lowest BCUT2D eigenvalue weighted by Gasteiger charge is -2.00. The number of hydrogen-bond donors (Lipinski definition) is 0.